The van der Waals surface area contributed by atoms with Gasteiger partial charge in [-0.15, -0.1) is 11.3 Å². The van der Waals surface area contributed by atoms with Gasteiger partial charge >= 0.3 is 0 Å². The maximum atomic E-state index is 6.28. The van der Waals surface area contributed by atoms with Crippen LogP contribution in [-0.2, 0) is 0 Å². The molecule has 1 aromatic heterocycles. The van der Waals surface area contributed by atoms with Gasteiger partial charge in [-0.2, -0.15) is 0 Å². The van der Waals surface area contributed by atoms with E-state index in [2.05, 4.69) is 35.2 Å². The van der Waals surface area contributed by atoms with Gasteiger partial charge in [0.15, 0.2) is 0 Å². The van der Waals surface area contributed by atoms with E-state index in [0.29, 0.717) is 0 Å². The van der Waals surface area contributed by atoms with Crippen molar-refractivity contribution in [3.8, 4) is 11.3 Å². The Labute approximate surface area is 117 Å². The molecule has 96 valence electrons. The SMILES string of the molecule is CCN(CC)c1cc(-c2csc(C)n2)ccc1Cl. The first-order valence-electron chi connectivity index (χ1n) is 6.12. The summed E-state index contributed by atoms with van der Waals surface area (Å²) < 4.78 is 0. The molecule has 0 radical (unpaired) electrons. The van der Waals surface area contributed by atoms with Gasteiger partial charge in [0.2, 0.25) is 0 Å². The lowest BCUT2D eigenvalue weighted by Gasteiger charge is -2.22. The van der Waals surface area contributed by atoms with Crippen molar-refractivity contribution in [1.82, 2.24) is 4.98 Å². The summed E-state index contributed by atoms with van der Waals surface area (Å²) in [5.41, 5.74) is 3.25. The second-order valence-electron chi connectivity index (χ2n) is 4.09. The second kappa shape index (κ2) is 5.72. The first-order chi connectivity index (χ1) is 8.65. The molecule has 0 bridgehead atoms. The van der Waals surface area contributed by atoms with E-state index in [1.807, 2.05) is 19.1 Å². The number of nitrogens with zero attached hydrogens (tertiary/aromatic N) is 2. The number of anilines is 1. The Balaban J connectivity index is 2.43. The number of thiazole rings is 1. The monoisotopic (exact) mass is 280 g/mol. The van der Waals surface area contributed by atoms with Crippen LogP contribution in [0.2, 0.25) is 5.02 Å². The van der Waals surface area contributed by atoms with E-state index >= 15 is 0 Å². The van der Waals surface area contributed by atoms with Gasteiger partial charge in [-0.05, 0) is 32.9 Å². The van der Waals surface area contributed by atoms with Crippen LogP contribution in [0.3, 0.4) is 0 Å². The molecule has 1 aromatic carbocycles. The lowest BCUT2D eigenvalue weighted by atomic mass is 10.1. The number of aryl methyl sites for hydroxylation is 1. The summed E-state index contributed by atoms with van der Waals surface area (Å²) in [6, 6.07) is 6.12. The predicted molar refractivity (Wildman–Crippen MR) is 80.9 cm³/mol. The van der Waals surface area contributed by atoms with Crippen LogP contribution in [0.15, 0.2) is 23.6 Å². The zero-order valence-electron chi connectivity index (χ0n) is 10.9. The van der Waals surface area contributed by atoms with Crippen LogP contribution < -0.4 is 4.90 Å². The summed E-state index contributed by atoms with van der Waals surface area (Å²) in [5.74, 6) is 0. The van der Waals surface area contributed by atoms with Gasteiger partial charge in [0.25, 0.3) is 0 Å². The van der Waals surface area contributed by atoms with Crippen molar-refractivity contribution in [3.05, 3.63) is 33.6 Å². The maximum Gasteiger partial charge on any atom is 0.0901 e. The standard InChI is InChI=1S/C14H17ClN2S/c1-4-17(5-2)14-8-11(6-7-12(14)15)13-9-18-10(3)16-13/h6-9H,4-5H2,1-3H3. The highest BCUT2D eigenvalue weighted by atomic mass is 35.5. The topological polar surface area (TPSA) is 16.1 Å². The number of hydrogen-bond acceptors (Lipinski definition) is 3. The van der Waals surface area contributed by atoms with Gasteiger partial charge in [-0.1, -0.05) is 17.7 Å². The fourth-order valence-corrected chi connectivity index (χ4v) is 2.83. The van der Waals surface area contributed by atoms with E-state index in [-0.39, 0.29) is 0 Å². The smallest absolute Gasteiger partial charge is 0.0901 e. The summed E-state index contributed by atoms with van der Waals surface area (Å²) in [7, 11) is 0. The largest absolute Gasteiger partial charge is 0.371 e. The van der Waals surface area contributed by atoms with Gasteiger partial charge in [0, 0.05) is 24.0 Å². The minimum atomic E-state index is 0.800. The third-order valence-electron chi connectivity index (χ3n) is 2.97. The Morgan fingerprint density at radius 3 is 2.56 bits per heavy atom. The molecule has 0 unspecified atom stereocenters. The molecule has 4 heteroatoms. The van der Waals surface area contributed by atoms with Crippen molar-refractivity contribution in [2.45, 2.75) is 20.8 Å². The molecule has 0 N–H and O–H groups in total. The minimum absolute atomic E-state index is 0.800. The Morgan fingerprint density at radius 2 is 2.00 bits per heavy atom. The molecule has 1 heterocycles. The van der Waals surface area contributed by atoms with Gasteiger partial charge in [0.05, 0.1) is 21.4 Å². The third kappa shape index (κ3) is 2.68. The highest BCUT2D eigenvalue weighted by Gasteiger charge is 2.10. The molecule has 0 fully saturated rings. The highest BCUT2D eigenvalue weighted by molar-refractivity contribution is 7.09. The van der Waals surface area contributed by atoms with Crippen LogP contribution >= 0.6 is 22.9 Å². The van der Waals surface area contributed by atoms with Crippen molar-refractivity contribution < 1.29 is 0 Å². The fourth-order valence-electron chi connectivity index (χ4n) is 1.97. The van der Waals surface area contributed by atoms with Gasteiger partial charge in [-0.3, -0.25) is 0 Å². The normalized spacial score (nSPS) is 10.7. The Hall–Kier alpha value is -1.06. The van der Waals surface area contributed by atoms with Gasteiger partial charge in [0.1, 0.15) is 0 Å². The van der Waals surface area contributed by atoms with Crippen molar-refractivity contribution in [1.29, 1.82) is 0 Å². The molecule has 18 heavy (non-hydrogen) atoms. The molecule has 0 saturated heterocycles. The average molecular weight is 281 g/mol. The van der Waals surface area contributed by atoms with Crippen LogP contribution in [0.5, 0.6) is 0 Å². The first-order valence-corrected chi connectivity index (χ1v) is 7.38. The van der Waals surface area contributed by atoms with Crippen molar-refractivity contribution in [2.24, 2.45) is 0 Å². The molecule has 2 nitrogen and oxygen atoms in total. The lowest BCUT2D eigenvalue weighted by Crippen LogP contribution is -2.22. The van der Waals surface area contributed by atoms with Crippen LogP contribution in [0, 0.1) is 6.92 Å². The highest BCUT2D eigenvalue weighted by Crippen LogP contribution is 2.31. The zero-order valence-corrected chi connectivity index (χ0v) is 12.5. The van der Waals surface area contributed by atoms with Crippen LogP contribution in [-0.4, -0.2) is 18.1 Å². The molecule has 2 rings (SSSR count). The molecule has 0 saturated carbocycles. The number of halogens is 1. The Kier molecular flexibility index (Phi) is 4.25. The number of benzene rings is 1. The molecule has 0 atom stereocenters. The van der Waals surface area contributed by atoms with Crippen LogP contribution in [0.4, 0.5) is 5.69 Å². The molecule has 0 aliphatic heterocycles. The zero-order chi connectivity index (χ0) is 13.1. The van der Waals surface area contributed by atoms with E-state index in [4.69, 9.17) is 11.6 Å². The number of hydrogen-bond donors (Lipinski definition) is 0. The van der Waals surface area contributed by atoms with E-state index in [1.54, 1.807) is 11.3 Å². The predicted octanol–water partition coefficient (Wildman–Crippen LogP) is 4.62. The third-order valence-corrected chi connectivity index (χ3v) is 4.06. The van der Waals surface area contributed by atoms with E-state index < -0.39 is 0 Å². The quantitative estimate of drug-likeness (QED) is 0.812. The molecule has 0 aliphatic carbocycles. The first kappa shape index (κ1) is 13.4. The number of aromatic nitrogens is 1. The van der Waals surface area contributed by atoms with E-state index in [1.165, 1.54) is 0 Å². The molecule has 0 spiro atoms. The summed E-state index contributed by atoms with van der Waals surface area (Å²) in [6.07, 6.45) is 0. The molecular formula is C14H17ClN2S. The van der Waals surface area contributed by atoms with Gasteiger partial charge in [-0.25, -0.2) is 4.98 Å². The van der Waals surface area contributed by atoms with Crippen molar-refractivity contribution in [2.75, 3.05) is 18.0 Å². The molecule has 0 amide bonds. The van der Waals surface area contributed by atoms with Crippen molar-refractivity contribution in [3.63, 3.8) is 0 Å². The summed E-state index contributed by atoms with van der Waals surface area (Å²) >= 11 is 7.95. The average Bonchev–Trinajstić information content (AvgIpc) is 2.80. The minimum Gasteiger partial charge on any atom is -0.371 e. The molecule has 2 aromatic rings. The van der Waals surface area contributed by atoms with E-state index in [0.717, 1.165) is 40.1 Å². The van der Waals surface area contributed by atoms with Crippen LogP contribution in [0.25, 0.3) is 11.3 Å². The van der Waals surface area contributed by atoms with Crippen LogP contribution in [0.1, 0.15) is 18.9 Å². The van der Waals surface area contributed by atoms with Gasteiger partial charge < -0.3 is 4.90 Å². The molecular weight excluding hydrogens is 264 g/mol. The Morgan fingerprint density at radius 1 is 1.28 bits per heavy atom. The van der Waals surface area contributed by atoms with Crippen molar-refractivity contribution >= 4 is 28.6 Å². The summed E-state index contributed by atoms with van der Waals surface area (Å²) in [4.78, 5) is 6.77. The Bertz CT molecular complexity index is 532. The fraction of sp³-hybridized carbons (Fsp3) is 0.357. The summed E-state index contributed by atoms with van der Waals surface area (Å²) in [6.45, 7) is 8.21. The molecule has 0 aliphatic rings. The maximum absolute atomic E-state index is 6.28. The lowest BCUT2D eigenvalue weighted by molar-refractivity contribution is 0.866. The second-order valence-corrected chi connectivity index (χ2v) is 5.56. The summed E-state index contributed by atoms with van der Waals surface area (Å²) in [5, 5.41) is 3.98. The van der Waals surface area contributed by atoms with E-state index in [9.17, 15) is 0 Å². The number of rotatable bonds is 4.